The van der Waals surface area contributed by atoms with Crippen LogP contribution in [0.3, 0.4) is 0 Å². The lowest BCUT2D eigenvalue weighted by Gasteiger charge is -2.08. The predicted octanol–water partition coefficient (Wildman–Crippen LogP) is 3.40. The fourth-order valence-corrected chi connectivity index (χ4v) is 2.07. The molecule has 0 aliphatic heterocycles. The third kappa shape index (κ3) is 5.24. The Balaban J connectivity index is 2.38. The minimum atomic E-state index is -0.0183. The van der Waals surface area contributed by atoms with E-state index in [0.717, 1.165) is 5.69 Å². The molecule has 0 aliphatic rings. The maximum absolute atomic E-state index is 11.6. The molecular formula is C14H18N2OS. The van der Waals surface area contributed by atoms with Gasteiger partial charge in [-0.15, -0.1) is 0 Å². The summed E-state index contributed by atoms with van der Waals surface area (Å²) in [7, 11) is 0. The van der Waals surface area contributed by atoms with Crippen molar-refractivity contribution in [1.29, 1.82) is 5.26 Å². The molecule has 0 saturated carbocycles. The van der Waals surface area contributed by atoms with Crippen molar-refractivity contribution >= 4 is 23.4 Å². The van der Waals surface area contributed by atoms with Crippen molar-refractivity contribution in [3.8, 4) is 6.07 Å². The summed E-state index contributed by atoms with van der Waals surface area (Å²) in [5, 5.41) is 11.2. The average molecular weight is 262 g/mol. The van der Waals surface area contributed by atoms with Crippen LogP contribution in [-0.2, 0) is 4.79 Å². The highest BCUT2D eigenvalue weighted by Gasteiger charge is 2.03. The first-order valence-corrected chi connectivity index (χ1v) is 7.13. The Hall–Kier alpha value is -1.47. The number of amides is 1. The fraction of sp³-hybridized carbons (Fsp3) is 0.429. The highest BCUT2D eigenvalue weighted by atomic mass is 32.2. The van der Waals surface area contributed by atoms with E-state index in [2.05, 4.69) is 25.2 Å². The SMILES string of the molecule is CC(C)c1ccc(NC(=O)CSCCC#N)cc1. The summed E-state index contributed by atoms with van der Waals surface area (Å²) in [6.07, 6.45) is 0.487. The Morgan fingerprint density at radius 1 is 1.39 bits per heavy atom. The minimum Gasteiger partial charge on any atom is -0.325 e. The summed E-state index contributed by atoms with van der Waals surface area (Å²) in [5.74, 6) is 1.58. The maximum Gasteiger partial charge on any atom is 0.234 e. The highest BCUT2D eigenvalue weighted by molar-refractivity contribution is 7.99. The van der Waals surface area contributed by atoms with Gasteiger partial charge in [-0.2, -0.15) is 17.0 Å². The average Bonchev–Trinajstić information content (AvgIpc) is 2.35. The number of thioether (sulfide) groups is 1. The molecule has 0 heterocycles. The second-order valence-electron chi connectivity index (χ2n) is 4.29. The van der Waals surface area contributed by atoms with E-state index in [9.17, 15) is 4.79 Å². The van der Waals surface area contributed by atoms with Crippen LogP contribution in [0, 0.1) is 11.3 Å². The monoisotopic (exact) mass is 262 g/mol. The number of carbonyl (C=O) groups excluding carboxylic acids is 1. The molecule has 1 rings (SSSR count). The summed E-state index contributed by atoms with van der Waals surface area (Å²) in [6.45, 7) is 4.28. The van der Waals surface area contributed by atoms with E-state index in [1.165, 1.54) is 17.3 Å². The van der Waals surface area contributed by atoms with E-state index >= 15 is 0 Å². The minimum absolute atomic E-state index is 0.0183. The van der Waals surface area contributed by atoms with Gasteiger partial charge in [0, 0.05) is 17.9 Å². The molecule has 0 aliphatic carbocycles. The first-order chi connectivity index (χ1) is 8.63. The van der Waals surface area contributed by atoms with Crippen molar-refractivity contribution in [2.75, 3.05) is 16.8 Å². The van der Waals surface area contributed by atoms with Crippen molar-refractivity contribution in [3.05, 3.63) is 29.8 Å². The molecule has 1 N–H and O–H groups in total. The summed E-state index contributed by atoms with van der Waals surface area (Å²) in [6, 6.07) is 9.96. The molecule has 0 fully saturated rings. The fourth-order valence-electron chi connectivity index (χ4n) is 1.43. The van der Waals surface area contributed by atoms with Crippen LogP contribution < -0.4 is 5.32 Å². The Morgan fingerprint density at radius 2 is 2.06 bits per heavy atom. The first-order valence-electron chi connectivity index (χ1n) is 5.98. The van der Waals surface area contributed by atoms with Gasteiger partial charge in [-0.1, -0.05) is 26.0 Å². The van der Waals surface area contributed by atoms with E-state index in [1.54, 1.807) is 0 Å². The lowest BCUT2D eigenvalue weighted by atomic mass is 10.0. The number of carbonyl (C=O) groups is 1. The number of benzene rings is 1. The van der Waals surface area contributed by atoms with Crippen molar-refractivity contribution in [1.82, 2.24) is 0 Å². The molecule has 3 nitrogen and oxygen atoms in total. The Kier molecular flexibility index (Phi) is 6.31. The molecule has 0 saturated heterocycles. The lowest BCUT2D eigenvalue weighted by molar-refractivity contribution is -0.113. The molecule has 0 aromatic heterocycles. The first kappa shape index (κ1) is 14.6. The van der Waals surface area contributed by atoms with Crippen molar-refractivity contribution in [3.63, 3.8) is 0 Å². The summed E-state index contributed by atoms with van der Waals surface area (Å²) >= 11 is 1.48. The third-order valence-corrected chi connectivity index (χ3v) is 3.41. The third-order valence-electron chi connectivity index (χ3n) is 2.45. The molecule has 1 amide bonds. The van der Waals surface area contributed by atoms with Gasteiger partial charge in [-0.05, 0) is 23.6 Å². The smallest absolute Gasteiger partial charge is 0.234 e. The van der Waals surface area contributed by atoms with E-state index < -0.39 is 0 Å². The standard InChI is InChI=1S/C14H18N2OS/c1-11(2)12-4-6-13(7-5-12)16-14(17)10-18-9-3-8-15/h4-7,11H,3,9-10H2,1-2H3,(H,16,17). The largest absolute Gasteiger partial charge is 0.325 e. The molecule has 1 aromatic rings. The van der Waals surface area contributed by atoms with Crippen LogP contribution >= 0.6 is 11.8 Å². The quantitative estimate of drug-likeness (QED) is 0.799. The van der Waals surface area contributed by atoms with Crippen LogP contribution in [0.15, 0.2) is 24.3 Å². The Labute approximate surface area is 113 Å². The molecule has 0 bridgehead atoms. The molecule has 0 spiro atoms. The van der Waals surface area contributed by atoms with Crippen molar-refractivity contribution in [2.45, 2.75) is 26.2 Å². The molecular weight excluding hydrogens is 244 g/mol. The summed E-state index contributed by atoms with van der Waals surface area (Å²) < 4.78 is 0. The summed E-state index contributed by atoms with van der Waals surface area (Å²) in [5.41, 5.74) is 2.08. The maximum atomic E-state index is 11.6. The van der Waals surface area contributed by atoms with E-state index in [4.69, 9.17) is 5.26 Å². The molecule has 0 atom stereocenters. The number of nitrogens with zero attached hydrogens (tertiary/aromatic N) is 1. The number of nitrogens with one attached hydrogen (secondary N) is 1. The van der Waals surface area contributed by atoms with Crippen LogP contribution in [-0.4, -0.2) is 17.4 Å². The van der Waals surface area contributed by atoms with E-state index in [-0.39, 0.29) is 5.91 Å². The molecule has 18 heavy (non-hydrogen) atoms. The van der Waals surface area contributed by atoms with Gasteiger partial charge >= 0.3 is 0 Å². The van der Waals surface area contributed by atoms with E-state index in [1.807, 2.05) is 24.3 Å². The molecule has 4 heteroatoms. The topological polar surface area (TPSA) is 52.9 Å². The van der Waals surface area contributed by atoms with E-state index in [0.29, 0.717) is 23.8 Å². The second kappa shape index (κ2) is 7.78. The molecule has 96 valence electrons. The van der Waals surface area contributed by atoms with Gasteiger partial charge in [0.1, 0.15) is 0 Å². The summed E-state index contributed by atoms with van der Waals surface area (Å²) in [4.78, 5) is 11.6. The van der Waals surface area contributed by atoms with Gasteiger partial charge in [0.2, 0.25) is 5.91 Å². The zero-order valence-electron chi connectivity index (χ0n) is 10.8. The van der Waals surface area contributed by atoms with Gasteiger partial charge in [-0.3, -0.25) is 4.79 Å². The Bertz CT molecular complexity index is 420. The Morgan fingerprint density at radius 3 is 2.61 bits per heavy atom. The van der Waals surface area contributed by atoms with Crippen LogP contribution in [0.1, 0.15) is 31.7 Å². The zero-order valence-corrected chi connectivity index (χ0v) is 11.6. The normalized spacial score (nSPS) is 10.1. The molecule has 0 unspecified atom stereocenters. The molecule has 0 radical (unpaired) electrons. The van der Waals surface area contributed by atoms with Crippen LogP contribution in [0.25, 0.3) is 0 Å². The van der Waals surface area contributed by atoms with Crippen LogP contribution in [0.2, 0.25) is 0 Å². The predicted molar refractivity (Wildman–Crippen MR) is 76.7 cm³/mol. The van der Waals surface area contributed by atoms with Crippen LogP contribution in [0.4, 0.5) is 5.69 Å². The number of rotatable bonds is 6. The number of hydrogen-bond acceptors (Lipinski definition) is 3. The second-order valence-corrected chi connectivity index (χ2v) is 5.39. The van der Waals surface area contributed by atoms with Crippen molar-refractivity contribution < 1.29 is 4.79 Å². The van der Waals surface area contributed by atoms with Gasteiger partial charge in [0.25, 0.3) is 0 Å². The van der Waals surface area contributed by atoms with Gasteiger partial charge in [0.15, 0.2) is 0 Å². The highest BCUT2D eigenvalue weighted by Crippen LogP contribution is 2.17. The number of anilines is 1. The zero-order chi connectivity index (χ0) is 13.4. The number of nitriles is 1. The van der Waals surface area contributed by atoms with Gasteiger partial charge < -0.3 is 5.32 Å². The lowest BCUT2D eigenvalue weighted by Crippen LogP contribution is -2.14. The van der Waals surface area contributed by atoms with Gasteiger partial charge in [-0.25, -0.2) is 0 Å². The van der Waals surface area contributed by atoms with Crippen molar-refractivity contribution in [2.24, 2.45) is 0 Å². The van der Waals surface area contributed by atoms with Crippen LogP contribution in [0.5, 0.6) is 0 Å². The molecule has 1 aromatic carbocycles. The van der Waals surface area contributed by atoms with Gasteiger partial charge in [0.05, 0.1) is 11.8 Å². The number of hydrogen-bond donors (Lipinski definition) is 1.